The van der Waals surface area contributed by atoms with E-state index >= 15 is 0 Å². The van der Waals surface area contributed by atoms with Gasteiger partial charge < -0.3 is 0 Å². The van der Waals surface area contributed by atoms with Crippen LogP contribution in [0.15, 0.2) is 67.0 Å². The molecule has 1 atom stereocenters. The third kappa shape index (κ3) is 5.88. The van der Waals surface area contributed by atoms with Gasteiger partial charge in [0.2, 0.25) is 6.17 Å². The third-order valence-electron chi connectivity index (χ3n) is 2.83. The molecular weight excluding hydrogens is 474 g/mol. The summed E-state index contributed by atoms with van der Waals surface area (Å²) in [5, 5.41) is 0. The van der Waals surface area contributed by atoms with E-state index < -0.39 is 0 Å². The molecule has 20 heavy (non-hydrogen) atoms. The first kappa shape index (κ1) is 17.6. The zero-order valence-corrected chi connectivity index (χ0v) is 16.0. The minimum atomic E-state index is 0.228. The Morgan fingerprint density at radius 1 is 0.950 bits per heavy atom. The van der Waals surface area contributed by atoms with E-state index in [-0.39, 0.29) is 6.17 Å². The predicted molar refractivity (Wildman–Crippen MR) is 103 cm³/mol. The van der Waals surface area contributed by atoms with Crippen molar-refractivity contribution in [2.75, 3.05) is 14.1 Å². The van der Waals surface area contributed by atoms with Crippen LogP contribution in [0.25, 0.3) is 6.08 Å². The summed E-state index contributed by atoms with van der Waals surface area (Å²) in [5.74, 6) is 0. The van der Waals surface area contributed by atoms with Crippen LogP contribution in [0.2, 0.25) is 0 Å². The van der Waals surface area contributed by atoms with Crippen molar-refractivity contribution in [3.8, 4) is 0 Å². The van der Waals surface area contributed by atoms with Gasteiger partial charge in [-0.1, -0.05) is 42.5 Å². The van der Waals surface area contributed by atoms with Crippen LogP contribution in [0.1, 0.15) is 11.7 Å². The molecule has 106 valence electrons. The summed E-state index contributed by atoms with van der Waals surface area (Å²) in [6.45, 7) is 0. The number of rotatable bonds is 4. The summed E-state index contributed by atoms with van der Waals surface area (Å²) < 4.78 is 2.18. The van der Waals surface area contributed by atoms with Gasteiger partial charge in [0.05, 0.1) is 0 Å². The van der Waals surface area contributed by atoms with Gasteiger partial charge in [-0.05, 0) is 19.7 Å². The Hall–Kier alpha value is -0.470. The smallest absolute Gasteiger partial charge is 0.233 e. The van der Waals surface area contributed by atoms with Crippen molar-refractivity contribution in [3.05, 3.63) is 72.6 Å². The number of benzene rings is 1. The summed E-state index contributed by atoms with van der Waals surface area (Å²) in [6.07, 6.45) is 8.76. The molecule has 2 nitrogen and oxygen atoms in total. The number of hydrogen-bond acceptors (Lipinski definition) is 1. The molecule has 4 heteroatoms. The Morgan fingerprint density at radius 2 is 1.50 bits per heavy atom. The number of pyridine rings is 1. The zero-order chi connectivity index (χ0) is 14.8. The SMILES string of the molecule is CN(C)C(C=Cc1ccccc1)[n+]1ccccc1.II. The fraction of sp³-hybridized carbons (Fsp3) is 0.188. The number of likely N-dealkylation sites (N-methyl/N-ethyl adjacent to an activating group) is 1. The topological polar surface area (TPSA) is 7.12 Å². The molecule has 0 bridgehead atoms. The predicted octanol–water partition coefficient (Wildman–Crippen LogP) is 4.52. The van der Waals surface area contributed by atoms with Crippen LogP contribution in [0.4, 0.5) is 0 Å². The highest BCUT2D eigenvalue weighted by Gasteiger charge is 2.15. The van der Waals surface area contributed by atoms with Gasteiger partial charge in [0.25, 0.3) is 0 Å². The molecule has 1 unspecified atom stereocenters. The van der Waals surface area contributed by atoms with Gasteiger partial charge in [-0.3, -0.25) is 0 Å². The van der Waals surface area contributed by atoms with Crippen molar-refractivity contribution in [2.45, 2.75) is 6.17 Å². The van der Waals surface area contributed by atoms with Crippen molar-refractivity contribution in [3.63, 3.8) is 0 Å². The van der Waals surface area contributed by atoms with Crippen LogP contribution in [0.5, 0.6) is 0 Å². The van der Waals surface area contributed by atoms with E-state index in [1.54, 1.807) is 0 Å². The van der Waals surface area contributed by atoms with Gasteiger partial charge in [-0.25, -0.2) is 4.90 Å². The molecule has 0 saturated carbocycles. The van der Waals surface area contributed by atoms with Crippen molar-refractivity contribution >= 4 is 43.3 Å². The van der Waals surface area contributed by atoms with Crippen molar-refractivity contribution in [1.29, 1.82) is 0 Å². The summed E-state index contributed by atoms with van der Waals surface area (Å²) in [6, 6.07) is 16.5. The van der Waals surface area contributed by atoms with Crippen LogP contribution in [-0.4, -0.2) is 19.0 Å². The second kappa shape index (κ2) is 10.3. The largest absolute Gasteiger partial charge is 0.248 e. The molecule has 2 rings (SSSR count). The van der Waals surface area contributed by atoms with E-state index in [9.17, 15) is 0 Å². The Bertz CT molecular complexity index is 498. The van der Waals surface area contributed by atoms with Crippen LogP contribution in [-0.2, 0) is 0 Å². The number of halogens is 2. The van der Waals surface area contributed by atoms with Crippen molar-refractivity contribution in [2.24, 2.45) is 0 Å². The van der Waals surface area contributed by atoms with Crippen LogP contribution >= 0.6 is 37.2 Å². The minimum absolute atomic E-state index is 0.228. The van der Waals surface area contributed by atoms with Gasteiger partial charge >= 0.3 is 0 Å². The molecule has 0 amide bonds. The average Bonchev–Trinajstić information content (AvgIpc) is 2.51. The maximum absolute atomic E-state index is 2.20. The number of aromatic nitrogens is 1. The molecule has 1 aromatic carbocycles. The molecule has 0 aliphatic heterocycles. The van der Waals surface area contributed by atoms with E-state index in [1.165, 1.54) is 5.56 Å². The molecule has 2 aromatic rings. The standard InChI is InChI=1S/C16H19N2.I2/c1-17(2)16(18-13-7-4-8-14-18)12-11-15-9-5-3-6-10-15;1-2/h3-14,16H,1-2H3;/q+1;. The van der Waals surface area contributed by atoms with Gasteiger partial charge in [-0.15, -0.1) is 0 Å². The molecule has 0 radical (unpaired) electrons. The maximum atomic E-state index is 2.20. The normalized spacial score (nSPS) is 12.1. The first-order chi connectivity index (χ1) is 9.77. The van der Waals surface area contributed by atoms with E-state index in [1.807, 2.05) is 24.3 Å². The van der Waals surface area contributed by atoms with E-state index in [0.29, 0.717) is 0 Å². The molecule has 0 aliphatic carbocycles. The molecule has 1 heterocycles. The summed E-state index contributed by atoms with van der Waals surface area (Å²) in [7, 11) is 4.17. The molecule has 0 N–H and O–H groups in total. The highest BCUT2D eigenvalue weighted by molar-refractivity contribution is 15.0. The number of hydrogen-bond donors (Lipinski definition) is 0. The Kier molecular flexibility index (Phi) is 9.04. The Balaban J connectivity index is 0.000000956. The minimum Gasteiger partial charge on any atom is -0.248 e. The highest BCUT2D eigenvalue weighted by atomic mass is 128. The average molecular weight is 493 g/mol. The van der Waals surface area contributed by atoms with Crippen LogP contribution in [0, 0.1) is 0 Å². The second-order valence-electron chi connectivity index (χ2n) is 4.47. The molecule has 0 spiro atoms. The first-order valence-electron chi connectivity index (χ1n) is 6.27. The molecule has 0 fully saturated rings. The maximum Gasteiger partial charge on any atom is 0.233 e. The fourth-order valence-electron chi connectivity index (χ4n) is 1.89. The zero-order valence-electron chi connectivity index (χ0n) is 11.7. The lowest BCUT2D eigenvalue weighted by Gasteiger charge is -2.15. The van der Waals surface area contributed by atoms with Gasteiger partial charge in [0, 0.05) is 55.4 Å². The van der Waals surface area contributed by atoms with Crippen molar-refractivity contribution < 1.29 is 4.57 Å². The lowest BCUT2D eigenvalue weighted by Crippen LogP contribution is -2.45. The second-order valence-corrected chi connectivity index (χ2v) is 4.47. The molecule has 1 aromatic heterocycles. The van der Waals surface area contributed by atoms with Crippen LogP contribution in [0.3, 0.4) is 0 Å². The fourth-order valence-corrected chi connectivity index (χ4v) is 1.89. The van der Waals surface area contributed by atoms with Crippen molar-refractivity contribution in [1.82, 2.24) is 4.90 Å². The summed E-state index contributed by atoms with van der Waals surface area (Å²) in [4.78, 5) is 2.18. The van der Waals surface area contributed by atoms with Gasteiger partial charge in [-0.2, -0.15) is 4.57 Å². The quantitative estimate of drug-likeness (QED) is 0.449. The lowest BCUT2D eigenvalue weighted by atomic mass is 10.2. The first-order valence-corrected chi connectivity index (χ1v) is 12.6. The monoisotopic (exact) mass is 493 g/mol. The van der Waals surface area contributed by atoms with E-state index in [4.69, 9.17) is 0 Å². The Labute approximate surface area is 144 Å². The van der Waals surface area contributed by atoms with Gasteiger partial charge in [0.1, 0.15) is 0 Å². The lowest BCUT2D eigenvalue weighted by molar-refractivity contribution is -0.730. The molecule has 0 aliphatic rings. The molecular formula is C16H19I2N2+. The van der Waals surface area contributed by atoms with E-state index in [0.717, 1.165) is 0 Å². The van der Waals surface area contributed by atoms with Crippen LogP contribution < -0.4 is 4.57 Å². The Morgan fingerprint density at radius 3 is 2.05 bits per heavy atom. The van der Waals surface area contributed by atoms with E-state index in [2.05, 4.69) is 110 Å². The summed E-state index contributed by atoms with van der Waals surface area (Å²) in [5.41, 5.74) is 1.22. The molecule has 0 saturated heterocycles. The third-order valence-corrected chi connectivity index (χ3v) is 2.83. The van der Waals surface area contributed by atoms with Gasteiger partial charge in [0.15, 0.2) is 12.4 Å². The number of nitrogens with zero attached hydrogens (tertiary/aromatic N) is 2. The highest BCUT2D eigenvalue weighted by Crippen LogP contribution is 2.07. The summed E-state index contributed by atoms with van der Waals surface area (Å²) >= 11 is 4.24.